The number of thiophene rings is 1. The highest BCUT2D eigenvalue weighted by Gasteiger charge is 2.19. The Bertz CT molecular complexity index is 854. The van der Waals surface area contributed by atoms with Gasteiger partial charge < -0.3 is 5.32 Å². The number of nitrogens with one attached hydrogen (secondary N) is 1. The summed E-state index contributed by atoms with van der Waals surface area (Å²) < 4.78 is 1.79. The Morgan fingerprint density at radius 3 is 2.70 bits per heavy atom. The third-order valence-electron chi connectivity index (χ3n) is 2.97. The van der Waals surface area contributed by atoms with Crippen molar-refractivity contribution in [2.24, 2.45) is 0 Å². The second-order valence-corrected chi connectivity index (χ2v) is 5.49. The number of nitrogens with zero attached hydrogens (tertiary/aromatic N) is 1. The zero-order valence-corrected chi connectivity index (χ0v) is 11.4. The van der Waals surface area contributed by atoms with E-state index in [0.717, 1.165) is 14.8 Å². The fourth-order valence-corrected chi connectivity index (χ4v) is 3.42. The van der Waals surface area contributed by atoms with E-state index in [4.69, 9.17) is 0 Å². The maximum absolute atomic E-state index is 11.3. The highest BCUT2D eigenvalue weighted by atomic mass is 32.1. The number of nitro groups is 1. The number of anilines is 1. The van der Waals surface area contributed by atoms with Crippen LogP contribution < -0.4 is 5.32 Å². The molecular weight excluding hydrogens is 276 g/mol. The van der Waals surface area contributed by atoms with Crippen LogP contribution in [0.25, 0.3) is 20.2 Å². The predicted molar refractivity (Wildman–Crippen MR) is 80.3 cm³/mol. The highest BCUT2D eigenvalue weighted by molar-refractivity contribution is 7.26. The highest BCUT2D eigenvalue weighted by Crippen LogP contribution is 2.40. The number of carbonyl (C=O) groups excluding carboxylic acids is 1. The van der Waals surface area contributed by atoms with E-state index in [1.165, 1.54) is 24.3 Å². The summed E-state index contributed by atoms with van der Waals surface area (Å²) in [5.41, 5.74) is 0.465. The zero-order valence-electron chi connectivity index (χ0n) is 10.5. The number of rotatable bonds is 2. The molecule has 6 heteroatoms. The normalized spacial score (nSPS) is 10.8. The van der Waals surface area contributed by atoms with Crippen molar-refractivity contribution >= 4 is 48.8 Å². The van der Waals surface area contributed by atoms with Gasteiger partial charge in [-0.05, 0) is 12.1 Å². The molecule has 20 heavy (non-hydrogen) atoms. The van der Waals surface area contributed by atoms with Crippen molar-refractivity contribution in [1.29, 1.82) is 0 Å². The molecule has 0 atom stereocenters. The third kappa shape index (κ3) is 2.00. The van der Waals surface area contributed by atoms with Crippen LogP contribution >= 0.6 is 11.3 Å². The van der Waals surface area contributed by atoms with Crippen LogP contribution in [-0.4, -0.2) is 10.8 Å². The molecule has 0 radical (unpaired) electrons. The summed E-state index contributed by atoms with van der Waals surface area (Å²) in [6, 6.07) is 10.7. The molecule has 0 saturated heterocycles. The Kier molecular flexibility index (Phi) is 2.87. The van der Waals surface area contributed by atoms with Gasteiger partial charge in [-0.3, -0.25) is 14.9 Å². The molecule has 0 bridgehead atoms. The molecule has 0 spiro atoms. The molecule has 100 valence electrons. The van der Waals surface area contributed by atoms with Crippen molar-refractivity contribution in [3.05, 3.63) is 46.5 Å². The molecule has 2 aromatic carbocycles. The van der Waals surface area contributed by atoms with Crippen LogP contribution in [0.3, 0.4) is 0 Å². The molecule has 0 aliphatic heterocycles. The minimum absolute atomic E-state index is 0.0173. The Balaban J connectivity index is 2.38. The Morgan fingerprint density at radius 1 is 1.25 bits per heavy atom. The largest absolute Gasteiger partial charge is 0.326 e. The molecule has 0 unspecified atom stereocenters. The molecule has 1 N–H and O–H groups in total. The molecule has 1 aromatic heterocycles. The summed E-state index contributed by atoms with van der Waals surface area (Å²) in [6.45, 7) is 1.38. The molecule has 1 amide bonds. The lowest BCUT2D eigenvalue weighted by Gasteiger charge is -2.03. The first-order chi connectivity index (χ1) is 9.56. The number of nitro benzene ring substituents is 1. The number of benzene rings is 2. The van der Waals surface area contributed by atoms with Crippen LogP contribution in [0.4, 0.5) is 11.4 Å². The zero-order chi connectivity index (χ0) is 14.3. The van der Waals surface area contributed by atoms with Crippen LogP contribution in [0.2, 0.25) is 0 Å². The van der Waals surface area contributed by atoms with E-state index in [2.05, 4.69) is 5.32 Å². The van der Waals surface area contributed by atoms with Crippen LogP contribution in [-0.2, 0) is 4.79 Å². The van der Waals surface area contributed by atoms with Gasteiger partial charge in [0.15, 0.2) is 0 Å². The first-order valence-corrected chi connectivity index (χ1v) is 6.75. The molecule has 3 aromatic rings. The molecule has 3 rings (SSSR count). The van der Waals surface area contributed by atoms with Crippen molar-refractivity contribution < 1.29 is 9.72 Å². The summed E-state index contributed by atoms with van der Waals surface area (Å²) in [5, 5.41) is 15.4. The lowest BCUT2D eigenvalue weighted by molar-refractivity contribution is -0.382. The molecule has 0 aliphatic carbocycles. The Morgan fingerprint density at radius 2 is 2.00 bits per heavy atom. The van der Waals surface area contributed by atoms with Gasteiger partial charge in [-0.25, -0.2) is 0 Å². The number of hydrogen-bond acceptors (Lipinski definition) is 4. The first kappa shape index (κ1) is 12.6. The second kappa shape index (κ2) is 4.57. The fraction of sp³-hybridized carbons (Fsp3) is 0.0714. The average Bonchev–Trinajstić information content (AvgIpc) is 2.74. The standard InChI is InChI=1S/C14H10N2O3S/c1-8(17)15-9-6-11(16(18)19)14-10-4-2-3-5-12(10)20-13(14)7-9/h2-7H,1H3,(H,15,17). The van der Waals surface area contributed by atoms with Gasteiger partial charge in [0.1, 0.15) is 0 Å². The lowest BCUT2D eigenvalue weighted by Crippen LogP contribution is -2.05. The van der Waals surface area contributed by atoms with Gasteiger partial charge in [0.05, 0.1) is 10.3 Å². The van der Waals surface area contributed by atoms with E-state index in [1.54, 1.807) is 6.07 Å². The Labute approximate surface area is 118 Å². The molecule has 1 heterocycles. The second-order valence-electron chi connectivity index (χ2n) is 4.41. The third-order valence-corrected chi connectivity index (χ3v) is 4.09. The van der Waals surface area contributed by atoms with Crippen LogP contribution in [0, 0.1) is 10.1 Å². The maximum atomic E-state index is 11.3. The van der Waals surface area contributed by atoms with Crippen molar-refractivity contribution in [2.45, 2.75) is 6.92 Å². The van der Waals surface area contributed by atoms with Crippen LogP contribution in [0.1, 0.15) is 6.92 Å². The number of hydrogen-bond donors (Lipinski definition) is 1. The summed E-state index contributed by atoms with van der Waals surface area (Å²) in [4.78, 5) is 22.0. The fourth-order valence-electron chi connectivity index (χ4n) is 2.25. The van der Waals surface area contributed by atoms with Crippen LogP contribution in [0.15, 0.2) is 36.4 Å². The van der Waals surface area contributed by atoms with E-state index in [-0.39, 0.29) is 11.6 Å². The van der Waals surface area contributed by atoms with Crippen LogP contribution in [0.5, 0.6) is 0 Å². The lowest BCUT2D eigenvalue weighted by atomic mass is 10.1. The molecular formula is C14H10N2O3S. The van der Waals surface area contributed by atoms with Gasteiger partial charge >= 0.3 is 0 Å². The van der Waals surface area contributed by atoms with Gasteiger partial charge in [0.2, 0.25) is 5.91 Å². The van der Waals surface area contributed by atoms with Crippen molar-refractivity contribution in [3.63, 3.8) is 0 Å². The summed E-state index contributed by atoms with van der Waals surface area (Å²) in [7, 11) is 0. The molecule has 5 nitrogen and oxygen atoms in total. The number of non-ortho nitro benzene ring substituents is 1. The number of amides is 1. The number of carbonyl (C=O) groups is 1. The van der Waals surface area contributed by atoms with E-state index < -0.39 is 4.92 Å². The van der Waals surface area contributed by atoms with E-state index in [9.17, 15) is 14.9 Å². The molecule has 0 fully saturated rings. The Hall–Kier alpha value is -2.47. The first-order valence-electron chi connectivity index (χ1n) is 5.93. The maximum Gasteiger partial charge on any atom is 0.280 e. The van der Waals surface area contributed by atoms with E-state index >= 15 is 0 Å². The number of fused-ring (bicyclic) bond motifs is 3. The summed E-state index contributed by atoms with van der Waals surface area (Å²) in [5.74, 6) is -0.250. The monoisotopic (exact) mass is 286 g/mol. The predicted octanol–water partition coefficient (Wildman–Crippen LogP) is 3.92. The van der Waals surface area contributed by atoms with E-state index in [0.29, 0.717) is 11.1 Å². The summed E-state index contributed by atoms with van der Waals surface area (Å²) >= 11 is 1.48. The quantitative estimate of drug-likeness (QED) is 0.573. The van der Waals surface area contributed by atoms with E-state index in [1.807, 2.05) is 24.3 Å². The van der Waals surface area contributed by atoms with Gasteiger partial charge in [0.25, 0.3) is 5.69 Å². The van der Waals surface area contributed by atoms with Gasteiger partial charge in [-0.2, -0.15) is 0 Å². The van der Waals surface area contributed by atoms with Gasteiger partial charge in [-0.15, -0.1) is 11.3 Å². The minimum Gasteiger partial charge on any atom is -0.326 e. The van der Waals surface area contributed by atoms with Crippen molar-refractivity contribution in [3.8, 4) is 0 Å². The topological polar surface area (TPSA) is 72.2 Å². The van der Waals surface area contributed by atoms with Crippen molar-refractivity contribution in [1.82, 2.24) is 0 Å². The SMILES string of the molecule is CC(=O)Nc1cc([N+](=O)[O-])c2c(c1)sc1ccccc12. The smallest absolute Gasteiger partial charge is 0.280 e. The van der Waals surface area contributed by atoms with Gasteiger partial charge in [-0.1, -0.05) is 18.2 Å². The molecule has 0 aliphatic rings. The van der Waals surface area contributed by atoms with Gasteiger partial charge in [0, 0.05) is 33.5 Å². The summed E-state index contributed by atoms with van der Waals surface area (Å²) in [6.07, 6.45) is 0. The van der Waals surface area contributed by atoms with Crippen molar-refractivity contribution in [2.75, 3.05) is 5.32 Å². The molecule has 0 saturated carbocycles. The minimum atomic E-state index is -0.410. The average molecular weight is 286 g/mol.